The van der Waals surface area contributed by atoms with Gasteiger partial charge in [0.15, 0.2) is 0 Å². The molecular weight excluding hydrogens is 395 g/mol. The van der Waals surface area contributed by atoms with Crippen molar-refractivity contribution in [1.82, 2.24) is 0 Å². The molecule has 3 aromatic carbocycles. The first-order chi connectivity index (χ1) is 14.4. The van der Waals surface area contributed by atoms with Crippen molar-refractivity contribution in [3.63, 3.8) is 0 Å². The first kappa shape index (κ1) is 22.0. The van der Waals surface area contributed by atoms with Gasteiger partial charge >= 0.3 is 7.82 Å². The second-order valence-electron chi connectivity index (χ2n) is 7.44. The zero-order valence-corrected chi connectivity index (χ0v) is 18.9. The second kappa shape index (κ2) is 9.86. The Morgan fingerprint density at radius 3 is 1.27 bits per heavy atom. The van der Waals surface area contributed by atoms with Crippen LogP contribution in [0.4, 0.5) is 0 Å². The third-order valence-electron chi connectivity index (χ3n) is 4.86. The van der Waals surface area contributed by atoms with Crippen molar-refractivity contribution >= 4 is 7.82 Å². The first-order valence-corrected chi connectivity index (χ1v) is 11.8. The maximum absolute atomic E-state index is 13.6. The molecule has 0 N–H and O–H groups in total. The average molecular weight is 424 g/mol. The van der Waals surface area contributed by atoms with Gasteiger partial charge < -0.3 is 13.6 Å². The highest BCUT2D eigenvalue weighted by Crippen LogP contribution is 2.49. The number of rotatable bonds is 9. The largest absolute Gasteiger partial charge is 0.647 e. The highest BCUT2D eigenvalue weighted by molar-refractivity contribution is 7.49. The molecule has 0 saturated carbocycles. The van der Waals surface area contributed by atoms with Crippen LogP contribution in [0.15, 0.2) is 72.8 Å². The number of hydrogen-bond acceptors (Lipinski definition) is 4. The molecule has 0 atom stereocenters. The molecule has 3 aromatic rings. The minimum Gasteiger partial charge on any atom is -0.386 e. The van der Waals surface area contributed by atoms with Gasteiger partial charge in [-0.05, 0) is 71.8 Å². The predicted molar refractivity (Wildman–Crippen MR) is 122 cm³/mol. The number of phosphoric acid groups is 1. The molecule has 5 heteroatoms. The molecule has 4 nitrogen and oxygen atoms in total. The van der Waals surface area contributed by atoms with Gasteiger partial charge in [-0.3, -0.25) is 0 Å². The molecule has 158 valence electrons. The van der Waals surface area contributed by atoms with Crippen LogP contribution in [0.2, 0.25) is 0 Å². The van der Waals surface area contributed by atoms with E-state index in [1.807, 2.05) is 36.4 Å². The van der Waals surface area contributed by atoms with Gasteiger partial charge in [0.2, 0.25) is 0 Å². The van der Waals surface area contributed by atoms with Crippen molar-refractivity contribution in [2.75, 3.05) is 0 Å². The maximum Gasteiger partial charge on any atom is 0.647 e. The minimum absolute atomic E-state index is 0.396. The summed E-state index contributed by atoms with van der Waals surface area (Å²) in [6.45, 7) is 8.39. The molecule has 0 saturated heterocycles. The topological polar surface area (TPSA) is 44.8 Å². The van der Waals surface area contributed by atoms with Gasteiger partial charge in [0.05, 0.1) is 0 Å². The molecule has 0 fully saturated rings. The standard InChI is InChI=1S/C25H29O4P/c1-5-20-7-13-23(14-8-20)27-30(26,28-24-15-9-21(6-2)10-16-24)29-25-17-11-22(12-18-25)19(3)4/h7-19H,5-6H2,1-4H3. The molecule has 3 rings (SSSR count). The van der Waals surface area contributed by atoms with Crippen LogP contribution in [0.1, 0.15) is 50.3 Å². The lowest BCUT2D eigenvalue weighted by Gasteiger charge is -2.20. The van der Waals surface area contributed by atoms with Gasteiger partial charge in [-0.25, -0.2) is 0 Å². The van der Waals surface area contributed by atoms with Crippen molar-refractivity contribution in [1.29, 1.82) is 0 Å². The lowest BCUT2D eigenvalue weighted by atomic mass is 10.0. The molecule has 0 bridgehead atoms. The summed E-state index contributed by atoms with van der Waals surface area (Å²) in [6, 6.07) is 22.3. The van der Waals surface area contributed by atoms with E-state index in [1.165, 1.54) is 16.7 Å². The van der Waals surface area contributed by atoms with Crippen LogP contribution in [0.25, 0.3) is 0 Å². The Labute approximate surface area is 179 Å². The fourth-order valence-corrected chi connectivity index (χ4v) is 4.18. The summed E-state index contributed by atoms with van der Waals surface area (Å²) >= 11 is 0. The molecule has 0 amide bonds. The highest BCUT2D eigenvalue weighted by atomic mass is 31.2. The van der Waals surface area contributed by atoms with E-state index < -0.39 is 7.82 Å². The third kappa shape index (κ3) is 5.90. The Bertz CT molecular complexity index is 924. The molecule has 0 spiro atoms. The van der Waals surface area contributed by atoms with Gasteiger partial charge in [-0.15, -0.1) is 0 Å². The monoisotopic (exact) mass is 424 g/mol. The molecular formula is C25H29O4P. The van der Waals surface area contributed by atoms with Crippen LogP contribution in [-0.4, -0.2) is 0 Å². The number of hydrogen-bond donors (Lipinski definition) is 0. The number of aryl methyl sites for hydroxylation is 2. The molecule has 0 heterocycles. The molecule has 0 aliphatic rings. The van der Waals surface area contributed by atoms with E-state index in [0.29, 0.717) is 23.2 Å². The third-order valence-corrected chi connectivity index (χ3v) is 6.16. The zero-order valence-electron chi connectivity index (χ0n) is 18.0. The van der Waals surface area contributed by atoms with Crippen molar-refractivity contribution in [2.24, 2.45) is 0 Å². The SMILES string of the molecule is CCc1ccc(OP(=O)(Oc2ccc(CC)cc2)Oc2ccc(C(C)C)cc2)cc1. The molecule has 0 aromatic heterocycles. The average Bonchev–Trinajstić information content (AvgIpc) is 2.75. The van der Waals surface area contributed by atoms with Gasteiger partial charge in [0, 0.05) is 0 Å². The van der Waals surface area contributed by atoms with Gasteiger partial charge in [0.25, 0.3) is 0 Å². The summed E-state index contributed by atoms with van der Waals surface area (Å²) in [5.74, 6) is 1.68. The fraction of sp³-hybridized carbons (Fsp3) is 0.280. The summed E-state index contributed by atoms with van der Waals surface area (Å²) < 4.78 is 30.9. The van der Waals surface area contributed by atoms with Crippen molar-refractivity contribution in [3.05, 3.63) is 89.5 Å². The van der Waals surface area contributed by atoms with Crippen molar-refractivity contribution < 1.29 is 18.1 Å². The van der Waals surface area contributed by atoms with E-state index in [0.717, 1.165) is 12.8 Å². The highest BCUT2D eigenvalue weighted by Gasteiger charge is 2.33. The fourth-order valence-electron chi connectivity index (χ4n) is 2.93. The van der Waals surface area contributed by atoms with Gasteiger partial charge in [-0.1, -0.05) is 64.1 Å². The van der Waals surface area contributed by atoms with E-state index in [1.54, 1.807) is 36.4 Å². The van der Waals surface area contributed by atoms with Crippen LogP contribution in [0, 0.1) is 0 Å². The van der Waals surface area contributed by atoms with E-state index >= 15 is 0 Å². The van der Waals surface area contributed by atoms with Gasteiger partial charge in [0.1, 0.15) is 17.2 Å². The second-order valence-corrected chi connectivity index (χ2v) is 8.88. The summed E-state index contributed by atoms with van der Waals surface area (Å²) in [4.78, 5) is 0. The van der Waals surface area contributed by atoms with Crippen molar-refractivity contribution in [3.8, 4) is 17.2 Å². The van der Waals surface area contributed by atoms with Crippen LogP contribution < -0.4 is 13.6 Å². The Morgan fingerprint density at radius 2 is 0.967 bits per heavy atom. The lowest BCUT2D eigenvalue weighted by Crippen LogP contribution is -2.07. The number of phosphoric ester groups is 1. The molecule has 0 unspecified atom stereocenters. The van der Waals surface area contributed by atoms with E-state index in [4.69, 9.17) is 13.6 Å². The maximum atomic E-state index is 13.6. The van der Waals surface area contributed by atoms with E-state index in [9.17, 15) is 4.57 Å². The summed E-state index contributed by atoms with van der Waals surface area (Å²) in [7, 11) is -3.97. The Balaban J connectivity index is 1.86. The predicted octanol–water partition coefficient (Wildman–Crippen LogP) is 7.58. The summed E-state index contributed by atoms with van der Waals surface area (Å²) in [5, 5.41) is 0. The molecule has 0 radical (unpaired) electrons. The smallest absolute Gasteiger partial charge is 0.386 e. The van der Waals surface area contributed by atoms with Crippen LogP contribution in [-0.2, 0) is 17.4 Å². The summed E-state index contributed by atoms with van der Waals surface area (Å²) in [6.07, 6.45) is 1.83. The minimum atomic E-state index is -3.97. The quantitative estimate of drug-likeness (QED) is 0.332. The zero-order chi connectivity index (χ0) is 21.6. The lowest BCUT2D eigenvalue weighted by molar-refractivity contribution is 0.298. The molecule has 30 heavy (non-hydrogen) atoms. The van der Waals surface area contributed by atoms with Crippen LogP contribution in [0.5, 0.6) is 17.2 Å². The van der Waals surface area contributed by atoms with E-state index in [2.05, 4.69) is 27.7 Å². The Hall–Kier alpha value is -2.71. The van der Waals surface area contributed by atoms with Gasteiger partial charge in [-0.2, -0.15) is 4.57 Å². The van der Waals surface area contributed by atoms with Crippen molar-refractivity contribution in [2.45, 2.75) is 46.5 Å². The van der Waals surface area contributed by atoms with E-state index in [-0.39, 0.29) is 0 Å². The van der Waals surface area contributed by atoms with Crippen LogP contribution >= 0.6 is 7.82 Å². The summed E-state index contributed by atoms with van der Waals surface area (Å²) in [5.41, 5.74) is 3.50. The molecule has 0 aliphatic heterocycles. The first-order valence-electron chi connectivity index (χ1n) is 10.4. The Kier molecular flexibility index (Phi) is 7.23. The normalized spacial score (nSPS) is 11.4. The number of benzene rings is 3. The Morgan fingerprint density at radius 1 is 0.633 bits per heavy atom. The van der Waals surface area contributed by atoms with Crippen LogP contribution in [0.3, 0.4) is 0 Å². The molecule has 0 aliphatic carbocycles.